The van der Waals surface area contributed by atoms with E-state index in [1.54, 1.807) is 19.3 Å². The molecule has 0 aliphatic carbocycles. The summed E-state index contributed by atoms with van der Waals surface area (Å²) < 4.78 is 0. The van der Waals surface area contributed by atoms with Crippen molar-refractivity contribution < 1.29 is 9.90 Å². The summed E-state index contributed by atoms with van der Waals surface area (Å²) in [6.45, 7) is 4.84. The maximum atomic E-state index is 10.6. The molecule has 1 atom stereocenters. The second-order valence-corrected chi connectivity index (χ2v) is 3.67. The van der Waals surface area contributed by atoms with Crippen molar-refractivity contribution in [2.75, 3.05) is 6.54 Å². The van der Waals surface area contributed by atoms with Crippen molar-refractivity contribution in [3.63, 3.8) is 0 Å². The van der Waals surface area contributed by atoms with E-state index >= 15 is 0 Å². The molecule has 15 heavy (non-hydrogen) atoms. The fourth-order valence-electron chi connectivity index (χ4n) is 1.19. The van der Waals surface area contributed by atoms with Crippen LogP contribution >= 0.6 is 0 Å². The standard InChI is InChI=1S/C11H16N2O2/c1-8-3-4-12-6-10(8)7-13-5-9(2)11(14)15/h3-4,6,9,13H,5,7H2,1-2H3,(H,14,15). The van der Waals surface area contributed by atoms with Crippen molar-refractivity contribution in [2.45, 2.75) is 20.4 Å². The molecule has 1 heterocycles. The normalized spacial score (nSPS) is 12.4. The lowest BCUT2D eigenvalue weighted by atomic mass is 10.1. The Kier molecular flexibility index (Phi) is 4.24. The van der Waals surface area contributed by atoms with Crippen molar-refractivity contribution >= 4 is 5.97 Å². The highest BCUT2D eigenvalue weighted by Crippen LogP contribution is 2.04. The van der Waals surface area contributed by atoms with Crippen LogP contribution < -0.4 is 5.32 Å². The summed E-state index contributed by atoms with van der Waals surface area (Å²) in [6, 6.07) is 1.94. The quantitative estimate of drug-likeness (QED) is 0.763. The summed E-state index contributed by atoms with van der Waals surface area (Å²) in [5.41, 5.74) is 2.27. The van der Waals surface area contributed by atoms with E-state index in [4.69, 9.17) is 5.11 Å². The molecule has 1 rings (SSSR count). The lowest BCUT2D eigenvalue weighted by Gasteiger charge is -2.09. The van der Waals surface area contributed by atoms with Gasteiger partial charge in [-0.2, -0.15) is 0 Å². The average molecular weight is 208 g/mol. The zero-order chi connectivity index (χ0) is 11.3. The van der Waals surface area contributed by atoms with Crippen LogP contribution in [0.3, 0.4) is 0 Å². The number of aryl methyl sites for hydroxylation is 1. The van der Waals surface area contributed by atoms with E-state index in [0.717, 1.165) is 5.56 Å². The van der Waals surface area contributed by atoms with Gasteiger partial charge in [0.15, 0.2) is 0 Å². The molecule has 0 radical (unpaired) electrons. The Bertz CT molecular complexity index is 339. The molecule has 1 aromatic rings. The van der Waals surface area contributed by atoms with Crippen molar-refractivity contribution in [1.29, 1.82) is 0 Å². The number of rotatable bonds is 5. The third kappa shape index (κ3) is 3.67. The zero-order valence-corrected chi connectivity index (χ0v) is 9.03. The largest absolute Gasteiger partial charge is 0.481 e. The summed E-state index contributed by atoms with van der Waals surface area (Å²) >= 11 is 0. The van der Waals surface area contributed by atoms with Crippen molar-refractivity contribution in [1.82, 2.24) is 10.3 Å². The van der Waals surface area contributed by atoms with E-state index in [2.05, 4.69) is 10.3 Å². The highest BCUT2D eigenvalue weighted by molar-refractivity contribution is 5.69. The summed E-state index contributed by atoms with van der Waals surface area (Å²) in [4.78, 5) is 14.6. The first kappa shape index (κ1) is 11.7. The van der Waals surface area contributed by atoms with E-state index < -0.39 is 5.97 Å². The first-order valence-electron chi connectivity index (χ1n) is 4.94. The number of aromatic nitrogens is 1. The Morgan fingerprint density at radius 3 is 3.00 bits per heavy atom. The van der Waals surface area contributed by atoms with Gasteiger partial charge in [-0.3, -0.25) is 9.78 Å². The Hall–Kier alpha value is -1.42. The van der Waals surface area contributed by atoms with E-state index in [-0.39, 0.29) is 5.92 Å². The summed E-state index contributed by atoms with van der Waals surface area (Å²) in [7, 11) is 0. The van der Waals surface area contributed by atoms with Crippen LogP contribution in [0.5, 0.6) is 0 Å². The third-order valence-corrected chi connectivity index (χ3v) is 2.34. The fourth-order valence-corrected chi connectivity index (χ4v) is 1.19. The summed E-state index contributed by atoms with van der Waals surface area (Å²) in [6.07, 6.45) is 3.55. The van der Waals surface area contributed by atoms with Gasteiger partial charge in [0.25, 0.3) is 0 Å². The number of carboxylic acid groups (broad SMARTS) is 1. The van der Waals surface area contributed by atoms with E-state index in [1.165, 1.54) is 5.56 Å². The summed E-state index contributed by atoms with van der Waals surface area (Å²) in [5, 5.41) is 11.8. The number of hydrogen-bond acceptors (Lipinski definition) is 3. The maximum Gasteiger partial charge on any atom is 0.307 e. The monoisotopic (exact) mass is 208 g/mol. The van der Waals surface area contributed by atoms with Gasteiger partial charge in [-0.05, 0) is 24.1 Å². The van der Waals surface area contributed by atoms with E-state index in [0.29, 0.717) is 13.1 Å². The number of nitrogens with one attached hydrogen (secondary N) is 1. The zero-order valence-electron chi connectivity index (χ0n) is 9.03. The van der Waals surface area contributed by atoms with Crippen molar-refractivity contribution in [3.8, 4) is 0 Å². The second kappa shape index (κ2) is 5.46. The lowest BCUT2D eigenvalue weighted by Crippen LogP contribution is -2.26. The molecule has 0 aliphatic rings. The van der Waals surface area contributed by atoms with Crippen molar-refractivity contribution in [2.24, 2.45) is 5.92 Å². The average Bonchev–Trinajstić information content (AvgIpc) is 2.20. The van der Waals surface area contributed by atoms with Crippen LogP contribution in [-0.4, -0.2) is 22.6 Å². The Morgan fingerprint density at radius 1 is 1.67 bits per heavy atom. The number of carboxylic acids is 1. The first-order valence-corrected chi connectivity index (χ1v) is 4.94. The minimum Gasteiger partial charge on any atom is -0.481 e. The van der Waals surface area contributed by atoms with Crippen LogP contribution in [0.15, 0.2) is 18.5 Å². The van der Waals surface area contributed by atoms with Gasteiger partial charge in [-0.25, -0.2) is 0 Å². The van der Waals surface area contributed by atoms with E-state index in [9.17, 15) is 4.79 Å². The molecule has 0 saturated carbocycles. The molecule has 0 spiro atoms. The van der Waals surface area contributed by atoms with E-state index in [1.807, 2.05) is 13.0 Å². The molecule has 4 nitrogen and oxygen atoms in total. The van der Waals surface area contributed by atoms with Crippen LogP contribution in [0.1, 0.15) is 18.1 Å². The number of nitrogens with zero attached hydrogens (tertiary/aromatic N) is 1. The van der Waals surface area contributed by atoms with Crippen LogP contribution in [0.2, 0.25) is 0 Å². The molecular formula is C11H16N2O2. The van der Waals surface area contributed by atoms with Crippen LogP contribution in [0.25, 0.3) is 0 Å². The molecule has 0 aliphatic heterocycles. The molecule has 4 heteroatoms. The molecular weight excluding hydrogens is 192 g/mol. The SMILES string of the molecule is Cc1ccncc1CNCC(C)C(=O)O. The Balaban J connectivity index is 2.38. The Labute approximate surface area is 89.3 Å². The minimum absolute atomic E-state index is 0.359. The van der Waals surface area contributed by atoms with Crippen LogP contribution in [0, 0.1) is 12.8 Å². The number of pyridine rings is 1. The third-order valence-electron chi connectivity index (χ3n) is 2.34. The molecule has 82 valence electrons. The molecule has 1 aromatic heterocycles. The van der Waals surface area contributed by atoms with Gasteiger partial charge in [0.2, 0.25) is 0 Å². The molecule has 0 saturated heterocycles. The summed E-state index contributed by atoms with van der Waals surface area (Å²) in [5.74, 6) is -1.13. The van der Waals surface area contributed by atoms with Gasteiger partial charge >= 0.3 is 5.97 Å². The molecule has 0 fully saturated rings. The number of carbonyl (C=O) groups is 1. The van der Waals surface area contributed by atoms with Gasteiger partial charge in [-0.15, -0.1) is 0 Å². The molecule has 0 aromatic carbocycles. The molecule has 0 bridgehead atoms. The molecule has 0 amide bonds. The smallest absolute Gasteiger partial charge is 0.307 e. The fraction of sp³-hybridized carbons (Fsp3) is 0.455. The van der Waals surface area contributed by atoms with Crippen LogP contribution in [0.4, 0.5) is 0 Å². The predicted molar refractivity (Wildman–Crippen MR) is 57.5 cm³/mol. The Morgan fingerprint density at radius 2 is 2.40 bits per heavy atom. The number of aliphatic carboxylic acids is 1. The first-order chi connectivity index (χ1) is 7.11. The lowest BCUT2D eigenvalue weighted by molar-refractivity contribution is -0.140. The van der Waals surface area contributed by atoms with Gasteiger partial charge in [0.1, 0.15) is 0 Å². The predicted octanol–water partition coefficient (Wildman–Crippen LogP) is 1.20. The highest BCUT2D eigenvalue weighted by atomic mass is 16.4. The number of hydrogen-bond donors (Lipinski definition) is 2. The molecule has 2 N–H and O–H groups in total. The second-order valence-electron chi connectivity index (χ2n) is 3.67. The van der Waals surface area contributed by atoms with Gasteiger partial charge in [0, 0.05) is 25.5 Å². The van der Waals surface area contributed by atoms with Gasteiger partial charge in [-0.1, -0.05) is 6.92 Å². The van der Waals surface area contributed by atoms with Gasteiger partial charge in [0.05, 0.1) is 5.92 Å². The molecule has 1 unspecified atom stereocenters. The van der Waals surface area contributed by atoms with Crippen molar-refractivity contribution in [3.05, 3.63) is 29.6 Å². The topological polar surface area (TPSA) is 62.2 Å². The minimum atomic E-state index is -0.773. The maximum absolute atomic E-state index is 10.6. The highest BCUT2D eigenvalue weighted by Gasteiger charge is 2.09. The van der Waals surface area contributed by atoms with Crippen LogP contribution in [-0.2, 0) is 11.3 Å². The van der Waals surface area contributed by atoms with Gasteiger partial charge < -0.3 is 10.4 Å².